The average molecular weight is 244 g/mol. The molecule has 0 N–H and O–H groups in total. The van der Waals surface area contributed by atoms with E-state index in [1.54, 1.807) is 13.0 Å². The van der Waals surface area contributed by atoms with Gasteiger partial charge in [0.25, 0.3) is 0 Å². The highest BCUT2D eigenvalue weighted by Gasteiger charge is 2.14. The van der Waals surface area contributed by atoms with E-state index >= 15 is 0 Å². The molecule has 0 aliphatic carbocycles. The van der Waals surface area contributed by atoms with Gasteiger partial charge in [-0.2, -0.15) is 0 Å². The van der Waals surface area contributed by atoms with Gasteiger partial charge in [0.2, 0.25) is 0 Å². The molecule has 0 aromatic heterocycles. The van der Waals surface area contributed by atoms with Crippen molar-refractivity contribution < 1.29 is 14.3 Å². The predicted octanol–water partition coefficient (Wildman–Crippen LogP) is 3.38. The Morgan fingerprint density at radius 2 is 1.89 bits per heavy atom. The molecule has 0 radical (unpaired) electrons. The van der Waals surface area contributed by atoms with Crippen molar-refractivity contribution >= 4 is 16.7 Å². The van der Waals surface area contributed by atoms with Crippen LogP contribution in [0.2, 0.25) is 0 Å². The largest absolute Gasteiger partial charge is 0.432 e. The van der Waals surface area contributed by atoms with Gasteiger partial charge in [-0.3, -0.25) is 0 Å². The van der Waals surface area contributed by atoms with Gasteiger partial charge in [-0.15, -0.1) is 0 Å². The number of rotatable bonds is 4. The molecule has 18 heavy (non-hydrogen) atoms. The molecule has 0 saturated carbocycles. The minimum atomic E-state index is -0.526. The van der Waals surface area contributed by atoms with Crippen LogP contribution < -0.4 is 0 Å². The molecule has 1 atom stereocenters. The first kappa shape index (κ1) is 12.6. The fourth-order valence-corrected chi connectivity index (χ4v) is 1.89. The van der Waals surface area contributed by atoms with E-state index in [1.807, 2.05) is 43.3 Å². The number of ether oxygens (including phenoxy) is 2. The van der Waals surface area contributed by atoms with Gasteiger partial charge in [0.05, 0.1) is 5.56 Å². The minimum Gasteiger partial charge on any atom is -0.432 e. The molecule has 0 aliphatic rings. The highest BCUT2D eigenvalue weighted by Crippen LogP contribution is 2.19. The number of hydrogen-bond donors (Lipinski definition) is 0. The zero-order valence-corrected chi connectivity index (χ0v) is 10.6. The lowest BCUT2D eigenvalue weighted by molar-refractivity contribution is -0.0939. The van der Waals surface area contributed by atoms with Crippen molar-refractivity contribution in [1.29, 1.82) is 0 Å². The van der Waals surface area contributed by atoms with Gasteiger partial charge in [0.15, 0.2) is 6.29 Å². The Hall–Kier alpha value is -1.87. The molecule has 0 amide bonds. The first-order valence-electron chi connectivity index (χ1n) is 6.02. The molecule has 0 heterocycles. The van der Waals surface area contributed by atoms with Gasteiger partial charge < -0.3 is 9.47 Å². The van der Waals surface area contributed by atoms with E-state index in [2.05, 4.69) is 0 Å². The van der Waals surface area contributed by atoms with Crippen molar-refractivity contribution in [2.45, 2.75) is 20.1 Å². The second-order valence-corrected chi connectivity index (χ2v) is 3.95. The maximum Gasteiger partial charge on any atom is 0.341 e. The molecule has 1 unspecified atom stereocenters. The van der Waals surface area contributed by atoms with Crippen LogP contribution in [0, 0.1) is 0 Å². The van der Waals surface area contributed by atoms with Gasteiger partial charge in [-0.25, -0.2) is 4.79 Å². The first-order chi connectivity index (χ1) is 8.72. The molecule has 0 aliphatic heterocycles. The van der Waals surface area contributed by atoms with Crippen LogP contribution in [-0.2, 0) is 9.47 Å². The van der Waals surface area contributed by atoms with E-state index < -0.39 is 6.29 Å². The fourth-order valence-electron chi connectivity index (χ4n) is 1.89. The van der Waals surface area contributed by atoms with Crippen LogP contribution in [0.1, 0.15) is 24.2 Å². The number of esters is 1. The van der Waals surface area contributed by atoms with Crippen LogP contribution >= 0.6 is 0 Å². The van der Waals surface area contributed by atoms with Crippen molar-refractivity contribution in [2.75, 3.05) is 6.61 Å². The Balaban J connectivity index is 2.28. The zero-order valence-electron chi connectivity index (χ0n) is 10.6. The van der Waals surface area contributed by atoms with Crippen LogP contribution in [0.4, 0.5) is 0 Å². The summed E-state index contributed by atoms with van der Waals surface area (Å²) in [6.45, 7) is 4.10. The number of hydrogen-bond acceptors (Lipinski definition) is 3. The second-order valence-electron chi connectivity index (χ2n) is 3.95. The molecule has 2 aromatic rings. The second kappa shape index (κ2) is 5.65. The molecule has 3 heteroatoms. The Bertz CT molecular complexity index is 543. The lowest BCUT2D eigenvalue weighted by Gasteiger charge is -2.13. The standard InChI is InChI=1S/C15H16O3/c1-3-17-11(2)18-15(16)14-10-6-8-12-7-4-5-9-13(12)14/h4-11H,3H2,1-2H3. The van der Waals surface area contributed by atoms with Crippen molar-refractivity contribution in [3.05, 3.63) is 48.0 Å². The number of carbonyl (C=O) groups is 1. The lowest BCUT2D eigenvalue weighted by atomic mass is 10.1. The third kappa shape index (κ3) is 2.68. The highest BCUT2D eigenvalue weighted by molar-refractivity contribution is 6.04. The minimum absolute atomic E-state index is 0.354. The molecule has 0 spiro atoms. The maximum absolute atomic E-state index is 12.0. The first-order valence-corrected chi connectivity index (χ1v) is 6.02. The molecule has 2 rings (SSSR count). The van der Waals surface area contributed by atoms with Crippen LogP contribution in [0.15, 0.2) is 42.5 Å². The summed E-state index contributed by atoms with van der Waals surface area (Å²) in [6, 6.07) is 13.3. The van der Waals surface area contributed by atoms with Crippen LogP contribution in [0.25, 0.3) is 10.8 Å². The predicted molar refractivity (Wildman–Crippen MR) is 70.5 cm³/mol. The van der Waals surface area contributed by atoms with Gasteiger partial charge in [0, 0.05) is 6.61 Å². The van der Waals surface area contributed by atoms with Crippen molar-refractivity contribution in [3.8, 4) is 0 Å². The summed E-state index contributed by atoms with van der Waals surface area (Å²) in [5, 5.41) is 1.92. The fraction of sp³-hybridized carbons (Fsp3) is 0.267. The van der Waals surface area contributed by atoms with Crippen molar-refractivity contribution in [1.82, 2.24) is 0 Å². The third-order valence-corrected chi connectivity index (χ3v) is 2.68. The summed E-state index contributed by atoms with van der Waals surface area (Å²) in [7, 11) is 0. The third-order valence-electron chi connectivity index (χ3n) is 2.68. The Kier molecular flexibility index (Phi) is 3.95. The van der Waals surface area contributed by atoms with Crippen molar-refractivity contribution in [3.63, 3.8) is 0 Å². The molecule has 3 nitrogen and oxygen atoms in total. The molecule has 0 fully saturated rings. The van der Waals surface area contributed by atoms with Crippen molar-refractivity contribution in [2.24, 2.45) is 0 Å². The van der Waals surface area contributed by atoms with E-state index in [4.69, 9.17) is 9.47 Å². The molecule has 0 saturated heterocycles. The summed E-state index contributed by atoms with van der Waals surface area (Å²) in [4.78, 5) is 12.0. The summed E-state index contributed by atoms with van der Waals surface area (Å²) in [5.41, 5.74) is 0.569. The lowest BCUT2D eigenvalue weighted by Crippen LogP contribution is -2.18. The van der Waals surface area contributed by atoms with Gasteiger partial charge >= 0.3 is 5.97 Å². The van der Waals surface area contributed by atoms with Gasteiger partial charge in [0.1, 0.15) is 0 Å². The van der Waals surface area contributed by atoms with Gasteiger partial charge in [-0.05, 0) is 30.7 Å². The van der Waals surface area contributed by atoms with Crippen LogP contribution in [0.3, 0.4) is 0 Å². The quantitative estimate of drug-likeness (QED) is 0.611. The highest BCUT2D eigenvalue weighted by atomic mass is 16.7. The van der Waals surface area contributed by atoms with E-state index in [0.29, 0.717) is 12.2 Å². The smallest absolute Gasteiger partial charge is 0.341 e. The molecule has 94 valence electrons. The monoisotopic (exact) mass is 244 g/mol. The number of fused-ring (bicyclic) bond motifs is 1. The number of carbonyl (C=O) groups excluding carboxylic acids is 1. The summed E-state index contributed by atoms with van der Waals surface area (Å²) < 4.78 is 10.4. The number of benzene rings is 2. The van der Waals surface area contributed by atoms with E-state index in [-0.39, 0.29) is 5.97 Å². The molecular weight excluding hydrogens is 228 g/mol. The normalized spacial score (nSPS) is 12.3. The average Bonchev–Trinajstić information content (AvgIpc) is 2.38. The molecular formula is C15H16O3. The van der Waals surface area contributed by atoms with Crippen LogP contribution in [0.5, 0.6) is 0 Å². The summed E-state index contributed by atoms with van der Waals surface area (Å²) in [6.07, 6.45) is -0.526. The molecule has 2 aromatic carbocycles. The summed E-state index contributed by atoms with van der Waals surface area (Å²) in [5.74, 6) is -0.354. The summed E-state index contributed by atoms with van der Waals surface area (Å²) >= 11 is 0. The maximum atomic E-state index is 12.0. The Labute approximate surface area is 106 Å². The van der Waals surface area contributed by atoms with Gasteiger partial charge in [-0.1, -0.05) is 36.4 Å². The Morgan fingerprint density at radius 3 is 2.67 bits per heavy atom. The Morgan fingerprint density at radius 1 is 1.17 bits per heavy atom. The topological polar surface area (TPSA) is 35.5 Å². The molecule has 0 bridgehead atoms. The SMILES string of the molecule is CCOC(C)OC(=O)c1cccc2ccccc12. The van der Waals surface area contributed by atoms with E-state index in [1.165, 1.54) is 0 Å². The van der Waals surface area contributed by atoms with E-state index in [9.17, 15) is 4.79 Å². The van der Waals surface area contributed by atoms with Crippen LogP contribution in [-0.4, -0.2) is 18.9 Å². The van der Waals surface area contributed by atoms with E-state index in [0.717, 1.165) is 10.8 Å². The zero-order chi connectivity index (χ0) is 13.0.